The smallest absolute Gasteiger partial charge is 0.258 e. The van der Waals surface area contributed by atoms with Crippen molar-refractivity contribution >= 4 is 22.5 Å². The fraction of sp³-hybridized carbons (Fsp3) is 0.200. The fourth-order valence-corrected chi connectivity index (χ4v) is 2.97. The van der Waals surface area contributed by atoms with Crippen molar-refractivity contribution in [1.82, 2.24) is 9.97 Å². The molecule has 134 valence electrons. The molecule has 1 unspecified atom stereocenters. The molecule has 5 nitrogen and oxygen atoms in total. The van der Waals surface area contributed by atoms with Crippen LogP contribution in [0.15, 0.2) is 59.9 Å². The number of fused-ring (bicyclic) bond motifs is 1. The van der Waals surface area contributed by atoms with Gasteiger partial charge in [0.15, 0.2) is 5.82 Å². The van der Waals surface area contributed by atoms with E-state index in [0.717, 1.165) is 12.3 Å². The number of aromatic nitrogens is 2. The van der Waals surface area contributed by atoms with Gasteiger partial charge in [0.25, 0.3) is 5.56 Å². The Morgan fingerprint density at radius 3 is 2.73 bits per heavy atom. The number of hydrogen-bond donors (Lipinski definition) is 2. The van der Waals surface area contributed by atoms with Gasteiger partial charge in [0, 0.05) is 10.6 Å². The second-order valence-corrected chi connectivity index (χ2v) is 6.66. The molecule has 3 rings (SSSR count). The van der Waals surface area contributed by atoms with Crippen molar-refractivity contribution < 1.29 is 9.64 Å². The summed E-state index contributed by atoms with van der Waals surface area (Å²) in [6, 6.07) is 13.1. The van der Waals surface area contributed by atoms with Crippen LogP contribution in [0.4, 0.5) is 0 Å². The highest BCUT2D eigenvalue weighted by molar-refractivity contribution is 6.31. The Hall–Kier alpha value is -2.63. The topological polar surface area (TPSA) is 59.4 Å². The molecular weight excluding hydrogens is 350 g/mol. The standard InChI is InChI=1S/C20H20ClN3O2/c1-3-10-26-16-7-4-14(5-8-16)12-24(2)13-19-22-18-11-15(21)6-9-17(18)20(25)23-19/h3-9,11H,1,10,12-13H2,2H3,(H,22,23,25)/p+1. The molecule has 0 aliphatic carbocycles. The number of ether oxygens (including phenoxy) is 1. The fourth-order valence-electron chi connectivity index (χ4n) is 2.80. The van der Waals surface area contributed by atoms with Gasteiger partial charge in [-0.3, -0.25) is 4.79 Å². The molecule has 6 heteroatoms. The number of halogens is 1. The molecule has 0 aliphatic heterocycles. The van der Waals surface area contributed by atoms with Crippen molar-refractivity contribution in [3.63, 3.8) is 0 Å². The second kappa shape index (κ2) is 8.17. The Bertz CT molecular complexity index is 967. The summed E-state index contributed by atoms with van der Waals surface area (Å²) in [6.45, 7) is 5.54. The molecule has 0 aliphatic rings. The first-order valence-corrected chi connectivity index (χ1v) is 8.75. The van der Waals surface area contributed by atoms with E-state index in [1.807, 2.05) is 24.3 Å². The maximum absolute atomic E-state index is 12.2. The summed E-state index contributed by atoms with van der Waals surface area (Å²) in [5.74, 6) is 1.47. The van der Waals surface area contributed by atoms with Gasteiger partial charge in [-0.05, 0) is 42.5 Å². The van der Waals surface area contributed by atoms with Crippen LogP contribution in [0.25, 0.3) is 10.9 Å². The molecule has 1 heterocycles. The third kappa shape index (κ3) is 4.50. The van der Waals surface area contributed by atoms with Crippen molar-refractivity contribution in [2.45, 2.75) is 13.1 Å². The van der Waals surface area contributed by atoms with Crippen molar-refractivity contribution in [2.24, 2.45) is 0 Å². The number of nitrogens with zero attached hydrogens (tertiary/aromatic N) is 1. The summed E-state index contributed by atoms with van der Waals surface area (Å²) in [5, 5.41) is 1.12. The number of H-pyrrole nitrogens is 1. The van der Waals surface area contributed by atoms with Crippen molar-refractivity contribution in [1.29, 1.82) is 0 Å². The summed E-state index contributed by atoms with van der Waals surface area (Å²) < 4.78 is 5.49. The van der Waals surface area contributed by atoms with Gasteiger partial charge in [0.1, 0.15) is 25.4 Å². The molecule has 0 saturated carbocycles. The lowest BCUT2D eigenvalue weighted by atomic mass is 10.2. The van der Waals surface area contributed by atoms with E-state index in [1.54, 1.807) is 24.3 Å². The van der Waals surface area contributed by atoms with Gasteiger partial charge in [0.2, 0.25) is 0 Å². The van der Waals surface area contributed by atoms with Gasteiger partial charge in [0.05, 0.1) is 18.0 Å². The summed E-state index contributed by atoms with van der Waals surface area (Å²) in [5.41, 5.74) is 1.66. The Labute approximate surface area is 156 Å². The zero-order chi connectivity index (χ0) is 18.5. The van der Waals surface area contributed by atoms with Gasteiger partial charge in [-0.2, -0.15) is 0 Å². The Morgan fingerprint density at radius 1 is 1.23 bits per heavy atom. The van der Waals surface area contributed by atoms with Gasteiger partial charge < -0.3 is 14.6 Å². The lowest BCUT2D eigenvalue weighted by Crippen LogP contribution is -3.06. The average Bonchev–Trinajstić information content (AvgIpc) is 2.60. The Balaban J connectivity index is 1.69. The number of quaternary nitrogens is 1. The largest absolute Gasteiger partial charge is 0.490 e. The van der Waals surface area contributed by atoms with Gasteiger partial charge in [-0.1, -0.05) is 24.3 Å². The molecule has 0 radical (unpaired) electrons. The summed E-state index contributed by atoms with van der Waals surface area (Å²) in [7, 11) is 2.06. The van der Waals surface area contributed by atoms with Gasteiger partial charge in [-0.25, -0.2) is 4.98 Å². The minimum atomic E-state index is -0.141. The minimum absolute atomic E-state index is 0.141. The third-order valence-electron chi connectivity index (χ3n) is 3.98. The molecule has 2 aromatic carbocycles. The van der Waals surface area contributed by atoms with E-state index in [4.69, 9.17) is 16.3 Å². The zero-order valence-corrected chi connectivity index (χ0v) is 15.3. The molecule has 0 amide bonds. The van der Waals surface area contributed by atoms with Crippen LogP contribution in [-0.2, 0) is 13.1 Å². The second-order valence-electron chi connectivity index (χ2n) is 6.23. The Morgan fingerprint density at radius 2 is 2.00 bits per heavy atom. The third-order valence-corrected chi connectivity index (χ3v) is 4.22. The summed E-state index contributed by atoms with van der Waals surface area (Å²) >= 11 is 6.01. The van der Waals surface area contributed by atoms with E-state index >= 15 is 0 Å². The first kappa shape index (κ1) is 18.2. The molecule has 0 spiro atoms. The average molecular weight is 371 g/mol. The predicted octanol–water partition coefficient (Wildman–Crippen LogP) is 2.36. The zero-order valence-electron chi connectivity index (χ0n) is 14.6. The number of benzene rings is 2. The number of aromatic amines is 1. The van der Waals surface area contributed by atoms with Crippen LogP contribution in [0, 0.1) is 0 Å². The van der Waals surface area contributed by atoms with Crippen molar-refractivity contribution in [2.75, 3.05) is 13.7 Å². The molecule has 0 saturated heterocycles. The maximum atomic E-state index is 12.2. The number of hydrogen-bond acceptors (Lipinski definition) is 3. The van der Waals surface area contributed by atoms with Gasteiger partial charge in [-0.15, -0.1) is 0 Å². The van der Waals surface area contributed by atoms with Crippen LogP contribution in [0.5, 0.6) is 5.75 Å². The molecule has 0 bridgehead atoms. The van der Waals surface area contributed by atoms with Crippen molar-refractivity contribution in [3.8, 4) is 5.75 Å². The monoisotopic (exact) mass is 370 g/mol. The maximum Gasteiger partial charge on any atom is 0.258 e. The highest BCUT2D eigenvalue weighted by Crippen LogP contribution is 2.14. The highest BCUT2D eigenvalue weighted by Gasteiger charge is 2.10. The lowest BCUT2D eigenvalue weighted by Gasteiger charge is -2.14. The van der Waals surface area contributed by atoms with Crippen LogP contribution in [0.2, 0.25) is 5.02 Å². The van der Waals surface area contributed by atoms with E-state index in [0.29, 0.717) is 34.9 Å². The van der Waals surface area contributed by atoms with E-state index in [9.17, 15) is 4.79 Å². The van der Waals surface area contributed by atoms with Gasteiger partial charge >= 0.3 is 0 Å². The number of nitrogens with one attached hydrogen (secondary N) is 2. The molecule has 0 fully saturated rings. The quantitative estimate of drug-likeness (QED) is 0.628. The molecule has 2 N–H and O–H groups in total. The van der Waals surface area contributed by atoms with E-state index in [2.05, 4.69) is 23.6 Å². The molecular formula is C20H21ClN3O2+. The van der Waals surface area contributed by atoms with Crippen molar-refractivity contribution in [3.05, 3.63) is 81.9 Å². The SMILES string of the molecule is C=CCOc1ccc(C[NH+](C)Cc2nc3cc(Cl)ccc3c(=O)[nH]2)cc1. The lowest BCUT2D eigenvalue weighted by molar-refractivity contribution is -0.908. The van der Waals surface area contributed by atoms with Crippen LogP contribution in [0.1, 0.15) is 11.4 Å². The van der Waals surface area contributed by atoms with E-state index < -0.39 is 0 Å². The molecule has 26 heavy (non-hydrogen) atoms. The highest BCUT2D eigenvalue weighted by atomic mass is 35.5. The summed E-state index contributed by atoms with van der Waals surface area (Å²) in [4.78, 5) is 20.8. The van der Waals surface area contributed by atoms with E-state index in [1.165, 1.54) is 10.5 Å². The van der Waals surface area contributed by atoms with Crippen LogP contribution in [0.3, 0.4) is 0 Å². The molecule has 1 atom stereocenters. The number of rotatable bonds is 7. The molecule has 3 aromatic rings. The normalized spacial score (nSPS) is 12.1. The first-order chi connectivity index (χ1) is 12.5. The summed E-state index contributed by atoms with van der Waals surface area (Å²) in [6.07, 6.45) is 1.72. The van der Waals surface area contributed by atoms with Crippen LogP contribution in [-0.4, -0.2) is 23.6 Å². The molecule has 1 aromatic heterocycles. The van der Waals surface area contributed by atoms with Crippen LogP contribution >= 0.6 is 11.6 Å². The Kier molecular flexibility index (Phi) is 5.71. The van der Waals surface area contributed by atoms with E-state index in [-0.39, 0.29) is 5.56 Å². The van der Waals surface area contributed by atoms with Crippen LogP contribution < -0.4 is 15.2 Å². The first-order valence-electron chi connectivity index (χ1n) is 8.37. The predicted molar refractivity (Wildman–Crippen MR) is 104 cm³/mol. The minimum Gasteiger partial charge on any atom is -0.490 e.